The number of nitrogens with two attached hydrogens (primary N) is 1. The Kier molecular flexibility index (Phi) is 5.11. The molecule has 1 amide bonds. The Morgan fingerprint density at radius 2 is 2.03 bits per heavy atom. The molecule has 2 fully saturated rings. The van der Waals surface area contributed by atoms with Gasteiger partial charge in [0.2, 0.25) is 5.91 Å². The summed E-state index contributed by atoms with van der Waals surface area (Å²) in [6.45, 7) is 6.13. The lowest BCUT2D eigenvalue weighted by atomic mass is 10.1. The fraction of sp³-hybridized carbons (Fsp3) is 0.296. The second-order valence-corrected chi connectivity index (χ2v) is 9.43. The number of rotatable bonds is 4. The number of anilines is 1. The zero-order valence-corrected chi connectivity index (χ0v) is 19.9. The van der Waals surface area contributed by atoms with Crippen LogP contribution in [0.2, 0.25) is 0 Å². The first kappa shape index (κ1) is 22.0. The minimum atomic E-state index is -0.138. The summed E-state index contributed by atoms with van der Waals surface area (Å²) in [4.78, 5) is 30.6. The minimum absolute atomic E-state index is 0.117. The fourth-order valence-electron chi connectivity index (χ4n) is 4.99. The van der Waals surface area contributed by atoms with E-state index in [1.165, 1.54) is 37.6 Å². The van der Waals surface area contributed by atoms with Crippen molar-refractivity contribution in [2.45, 2.75) is 38.1 Å². The molecule has 2 aliphatic rings. The van der Waals surface area contributed by atoms with Crippen molar-refractivity contribution in [1.82, 2.24) is 29.3 Å². The number of carbonyl (C=O) groups is 2. The van der Waals surface area contributed by atoms with E-state index in [0.29, 0.717) is 47.6 Å². The Morgan fingerprint density at radius 1 is 1.19 bits per heavy atom. The molecular weight excluding hydrogens is 454 g/mol. The number of hydrogen-bond donors (Lipinski definition) is 1. The van der Waals surface area contributed by atoms with Crippen LogP contribution in [0.15, 0.2) is 43.4 Å². The van der Waals surface area contributed by atoms with Gasteiger partial charge in [-0.1, -0.05) is 12.5 Å². The lowest BCUT2D eigenvalue weighted by molar-refractivity contribution is -0.125. The van der Waals surface area contributed by atoms with Gasteiger partial charge >= 0.3 is 0 Å². The molecule has 0 radical (unpaired) electrons. The number of likely N-dealkylation sites (tertiary alicyclic amines) is 1. The number of Topliss-reactive ketones (excluding diaryl/α,β-unsaturated/α-hetero) is 1. The van der Waals surface area contributed by atoms with Gasteiger partial charge in [0.15, 0.2) is 5.78 Å². The number of carbonyl (C=O) groups excluding carboxylic acids is 2. The number of pyridine rings is 2. The summed E-state index contributed by atoms with van der Waals surface area (Å²) in [5.41, 5.74) is 10.9. The molecule has 4 aromatic heterocycles. The van der Waals surface area contributed by atoms with Crippen molar-refractivity contribution in [3.63, 3.8) is 0 Å². The van der Waals surface area contributed by atoms with E-state index in [9.17, 15) is 9.59 Å². The summed E-state index contributed by atoms with van der Waals surface area (Å²) >= 11 is 0. The molecule has 9 heteroatoms. The second kappa shape index (κ2) is 8.34. The van der Waals surface area contributed by atoms with E-state index in [1.807, 2.05) is 23.0 Å². The standard InChI is InChI=1S/C27H25N7O2/c1-3-24(36)32-11-10-19(15-32)34-26-20(16(2)35)12-29-27(28)25(26)22(31-34)8-4-17-5-9-23-21(18-6-7-18)13-30-33(23)14-17/h3,5,9,12-14,18-19H,1,6-7,10-11,15H2,2H3,(H2,28,29)/t19-/m0/s1. The largest absolute Gasteiger partial charge is 0.383 e. The van der Waals surface area contributed by atoms with Crippen molar-refractivity contribution < 1.29 is 9.59 Å². The molecule has 180 valence electrons. The maximum absolute atomic E-state index is 12.5. The zero-order chi connectivity index (χ0) is 25.0. The van der Waals surface area contributed by atoms with Gasteiger partial charge in [-0.25, -0.2) is 9.50 Å². The molecule has 5 heterocycles. The number of hydrogen-bond acceptors (Lipinski definition) is 6. The Morgan fingerprint density at radius 3 is 2.78 bits per heavy atom. The highest BCUT2D eigenvalue weighted by Crippen LogP contribution is 2.41. The van der Waals surface area contributed by atoms with E-state index < -0.39 is 0 Å². The Labute approximate surface area is 207 Å². The molecule has 2 N–H and O–H groups in total. The molecule has 9 nitrogen and oxygen atoms in total. The first-order valence-electron chi connectivity index (χ1n) is 12.0. The third-order valence-corrected chi connectivity index (χ3v) is 7.02. The molecule has 0 bridgehead atoms. The summed E-state index contributed by atoms with van der Waals surface area (Å²) in [7, 11) is 0. The van der Waals surface area contributed by atoms with Gasteiger partial charge in [-0.3, -0.25) is 14.3 Å². The number of aromatic nitrogens is 5. The number of amides is 1. The van der Waals surface area contributed by atoms with Gasteiger partial charge in [0, 0.05) is 36.6 Å². The van der Waals surface area contributed by atoms with Gasteiger partial charge in [0.05, 0.1) is 34.2 Å². The van der Waals surface area contributed by atoms with E-state index in [1.54, 1.807) is 9.58 Å². The molecule has 0 aromatic carbocycles. The summed E-state index contributed by atoms with van der Waals surface area (Å²) in [6, 6.07) is 3.91. The quantitative estimate of drug-likeness (QED) is 0.274. The van der Waals surface area contributed by atoms with Crippen LogP contribution < -0.4 is 5.73 Å². The lowest BCUT2D eigenvalue weighted by Crippen LogP contribution is -2.27. The van der Waals surface area contributed by atoms with Crippen LogP contribution in [-0.4, -0.2) is 54.1 Å². The number of nitrogen functional groups attached to an aromatic ring is 1. The highest BCUT2D eigenvalue weighted by molar-refractivity contribution is 6.09. The molecule has 6 rings (SSSR count). The first-order valence-corrected chi connectivity index (χ1v) is 12.0. The average Bonchev–Trinajstić information content (AvgIpc) is 3.28. The molecule has 0 spiro atoms. The molecule has 1 saturated heterocycles. The Bertz CT molecular complexity index is 1630. The SMILES string of the molecule is C=CC(=O)N1CC[C@H](n2nc(C#Cc3ccc4c(C5CC5)cnn4c3)c3c(N)ncc(C(C)=O)c32)C1. The molecule has 1 aliphatic heterocycles. The van der Waals surface area contributed by atoms with Crippen LogP contribution in [0.3, 0.4) is 0 Å². The van der Waals surface area contributed by atoms with Gasteiger partial charge < -0.3 is 10.6 Å². The van der Waals surface area contributed by atoms with Crippen LogP contribution in [-0.2, 0) is 4.79 Å². The number of ketones is 1. The van der Waals surface area contributed by atoms with E-state index in [2.05, 4.69) is 34.6 Å². The van der Waals surface area contributed by atoms with Crippen LogP contribution in [0.4, 0.5) is 5.82 Å². The zero-order valence-electron chi connectivity index (χ0n) is 19.9. The highest BCUT2D eigenvalue weighted by Gasteiger charge is 2.30. The van der Waals surface area contributed by atoms with Gasteiger partial charge in [0.1, 0.15) is 11.5 Å². The smallest absolute Gasteiger partial charge is 0.246 e. The van der Waals surface area contributed by atoms with Gasteiger partial charge in [0.25, 0.3) is 0 Å². The molecule has 0 unspecified atom stereocenters. The molecular formula is C27H25N7O2. The predicted molar refractivity (Wildman–Crippen MR) is 136 cm³/mol. The summed E-state index contributed by atoms with van der Waals surface area (Å²) in [6.07, 6.45) is 9.78. The first-order chi connectivity index (χ1) is 17.4. The van der Waals surface area contributed by atoms with E-state index in [0.717, 1.165) is 11.1 Å². The fourth-order valence-corrected chi connectivity index (χ4v) is 4.99. The molecule has 1 aliphatic carbocycles. The van der Waals surface area contributed by atoms with Crippen molar-refractivity contribution in [2.24, 2.45) is 0 Å². The van der Waals surface area contributed by atoms with Crippen molar-refractivity contribution in [1.29, 1.82) is 0 Å². The third kappa shape index (κ3) is 3.62. The maximum Gasteiger partial charge on any atom is 0.246 e. The highest BCUT2D eigenvalue weighted by atomic mass is 16.2. The topological polar surface area (TPSA) is 111 Å². The van der Waals surface area contributed by atoms with Crippen molar-refractivity contribution in [3.05, 3.63) is 65.8 Å². The van der Waals surface area contributed by atoms with Crippen molar-refractivity contribution >= 4 is 33.9 Å². The molecule has 1 saturated carbocycles. The van der Waals surface area contributed by atoms with E-state index >= 15 is 0 Å². The number of nitrogens with zero attached hydrogens (tertiary/aromatic N) is 6. The monoisotopic (exact) mass is 479 g/mol. The Hall–Kier alpha value is -4.45. The second-order valence-electron chi connectivity index (χ2n) is 9.43. The number of fused-ring (bicyclic) bond motifs is 2. The summed E-state index contributed by atoms with van der Waals surface area (Å²) in [5.74, 6) is 6.96. The normalized spacial score (nSPS) is 17.4. The molecule has 4 aromatic rings. The van der Waals surface area contributed by atoms with Crippen molar-refractivity contribution in [3.8, 4) is 11.8 Å². The molecule has 1 atom stereocenters. The van der Waals surface area contributed by atoms with Crippen LogP contribution in [0.5, 0.6) is 0 Å². The lowest BCUT2D eigenvalue weighted by Gasteiger charge is -2.16. The van der Waals surface area contributed by atoms with Crippen LogP contribution in [0.1, 0.15) is 65.3 Å². The average molecular weight is 480 g/mol. The van der Waals surface area contributed by atoms with Gasteiger partial charge in [-0.05, 0) is 56.2 Å². The van der Waals surface area contributed by atoms with Crippen molar-refractivity contribution in [2.75, 3.05) is 18.8 Å². The molecule has 36 heavy (non-hydrogen) atoms. The van der Waals surface area contributed by atoms with Gasteiger partial charge in [-0.15, -0.1) is 0 Å². The summed E-state index contributed by atoms with van der Waals surface area (Å²) < 4.78 is 3.66. The maximum atomic E-state index is 12.5. The third-order valence-electron chi connectivity index (χ3n) is 7.02. The van der Waals surface area contributed by atoms with Crippen LogP contribution in [0, 0.1) is 11.8 Å². The van der Waals surface area contributed by atoms with Crippen LogP contribution >= 0.6 is 0 Å². The van der Waals surface area contributed by atoms with E-state index in [4.69, 9.17) is 10.8 Å². The van der Waals surface area contributed by atoms with Gasteiger partial charge in [-0.2, -0.15) is 10.2 Å². The summed E-state index contributed by atoms with van der Waals surface area (Å²) in [5, 5.41) is 9.85. The predicted octanol–water partition coefficient (Wildman–Crippen LogP) is 3.10. The minimum Gasteiger partial charge on any atom is -0.383 e. The Balaban J connectivity index is 1.44. The van der Waals surface area contributed by atoms with E-state index in [-0.39, 0.29) is 23.6 Å². The van der Waals surface area contributed by atoms with Crippen LogP contribution in [0.25, 0.3) is 16.4 Å².